The molecular formula is C18H23N6O5+. The van der Waals surface area contributed by atoms with Crippen molar-refractivity contribution < 1.29 is 24.1 Å². The van der Waals surface area contributed by atoms with Crippen LogP contribution in [0.2, 0.25) is 0 Å². The van der Waals surface area contributed by atoms with Crippen molar-refractivity contribution in [2.45, 2.75) is 45.4 Å². The highest BCUT2D eigenvalue weighted by Crippen LogP contribution is 2.21. The first-order valence-corrected chi connectivity index (χ1v) is 9.46. The Kier molecular flexibility index (Phi) is 4.74. The van der Waals surface area contributed by atoms with Gasteiger partial charge in [0.15, 0.2) is 0 Å². The van der Waals surface area contributed by atoms with Gasteiger partial charge < -0.3 is 15.3 Å². The molecule has 2 fully saturated rings. The van der Waals surface area contributed by atoms with Gasteiger partial charge in [-0.3, -0.25) is 10.1 Å². The molecule has 2 aromatic rings. The van der Waals surface area contributed by atoms with E-state index in [1.807, 2.05) is 13.8 Å². The molecule has 1 aliphatic heterocycles. The summed E-state index contributed by atoms with van der Waals surface area (Å²) in [5.41, 5.74) is 2.58. The molecule has 154 valence electrons. The summed E-state index contributed by atoms with van der Waals surface area (Å²) in [4.78, 5) is 41.2. The molecule has 1 atom stereocenters. The van der Waals surface area contributed by atoms with E-state index in [0.29, 0.717) is 17.8 Å². The van der Waals surface area contributed by atoms with E-state index in [4.69, 9.17) is 0 Å². The van der Waals surface area contributed by atoms with Crippen molar-refractivity contribution in [2.24, 2.45) is 5.92 Å². The van der Waals surface area contributed by atoms with E-state index < -0.39 is 23.7 Å². The maximum Gasteiger partial charge on any atom is 0.427 e. The van der Waals surface area contributed by atoms with Gasteiger partial charge >= 0.3 is 23.2 Å². The number of amides is 2. The van der Waals surface area contributed by atoms with Gasteiger partial charge in [-0.2, -0.15) is 4.57 Å². The average molecular weight is 403 g/mol. The topological polar surface area (TPSA) is 141 Å². The van der Waals surface area contributed by atoms with Gasteiger partial charge in [0.1, 0.15) is 6.17 Å². The highest BCUT2D eigenvalue weighted by atomic mass is 16.7. The van der Waals surface area contributed by atoms with Gasteiger partial charge in [0.25, 0.3) is 5.91 Å². The normalized spacial score (nSPS) is 19.1. The van der Waals surface area contributed by atoms with Crippen molar-refractivity contribution in [3.8, 4) is 5.88 Å². The molecule has 1 saturated carbocycles. The highest BCUT2D eigenvalue weighted by molar-refractivity contribution is 5.96. The van der Waals surface area contributed by atoms with Gasteiger partial charge in [0.2, 0.25) is 5.56 Å². The van der Waals surface area contributed by atoms with Gasteiger partial charge in [0.05, 0.1) is 18.3 Å². The Balaban J connectivity index is 1.81. The van der Waals surface area contributed by atoms with Crippen LogP contribution in [0.25, 0.3) is 11.7 Å². The fourth-order valence-corrected chi connectivity index (χ4v) is 3.20. The second-order valence-electron chi connectivity index (χ2n) is 7.63. The van der Waals surface area contributed by atoms with Gasteiger partial charge in [-0.25, -0.2) is 14.7 Å². The van der Waals surface area contributed by atoms with Crippen LogP contribution in [0.1, 0.15) is 42.6 Å². The molecular weight excluding hydrogens is 380 g/mol. The molecule has 1 saturated heterocycles. The van der Waals surface area contributed by atoms with E-state index in [0.717, 1.165) is 12.8 Å². The van der Waals surface area contributed by atoms with Crippen LogP contribution in [-0.2, 0) is 11.4 Å². The number of aromatic nitrogens is 3. The van der Waals surface area contributed by atoms with Crippen molar-refractivity contribution >= 4 is 23.7 Å². The quantitative estimate of drug-likeness (QED) is 0.421. The van der Waals surface area contributed by atoms with Crippen LogP contribution in [0.5, 0.6) is 5.88 Å². The number of aromatic hydroxyl groups is 1. The Morgan fingerprint density at radius 1 is 1.45 bits per heavy atom. The van der Waals surface area contributed by atoms with Crippen LogP contribution in [-0.4, -0.2) is 38.9 Å². The third kappa shape index (κ3) is 3.68. The van der Waals surface area contributed by atoms with Crippen LogP contribution >= 0.6 is 0 Å². The third-order valence-corrected chi connectivity index (χ3v) is 4.68. The van der Waals surface area contributed by atoms with Gasteiger partial charge in [-0.05, 0) is 30.9 Å². The molecule has 2 aliphatic rings. The molecule has 0 radical (unpaired) electrons. The van der Waals surface area contributed by atoms with Gasteiger partial charge in [-0.1, -0.05) is 18.4 Å². The molecule has 11 heteroatoms. The molecule has 0 bridgehead atoms. The van der Waals surface area contributed by atoms with E-state index >= 15 is 0 Å². The summed E-state index contributed by atoms with van der Waals surface area (Å²) in [6.45, 7) is 4.32. The van der Waals surface area contributed by atoms with Crippen LogP contribution < -0.4 is 26.2 Å². The van der Waals surface area contributed by atoms with Crippen LogP contribution in [0, 0.1) is 5.92 Å². The Bertz CT molecular complexity index is 1060. The predicted molar refractivity (Wildman–Crippen MR) is 101 cm³/mol. The fraction of sp³-hybridized carbons (Fsp3) is 0.444. The number of hydrogen-bond acceptors (Lipinski definition) is 6. The smallest absolute Gasteiger partial charge is 0.427 e. The number of H-pyrrole nitrogens is 1. The van der Waals surface area contributed by atoms with E-state index in [1.165, 1.54) is 4.52 Å². The minimum Gasteiger partial charge on any atom is -0.477 e. The highest BCUT2D eigenvalue weighted by Gasteiger charge is 2.34. The Hall–Kier alpha value is -3.34. The summed E-state index contributed by atoms with van der Waals surface area (Å²) < 4.78 is 2.78. The Morgan fingerprint density at radius 3 is 2.83 bits per heavy atom. The number of nitrogens with zero attached hydrogens (tertiary/aromatic N) is 2. The van der Waals surface area contributed by atoms with Crippen LogP contribution in [0.4, 0.5) is 4.79 Å². The molecule has 1 unspecified atom stereocenters. The van der Waals surface area contributed by atoms with Crippen molar-refractivity contribution in [1.82, 2.24) is 25.7 Å². The van der Waals surface area contributed by atoms with Crippen molar-refractivity contribution in [3.63, 3.8) is 0 Å². The molecule has 5 N–H and O–H groups in total. The van der Waals surface area contributed by atoms with Gasteiger partial charge in [0, 0.05) is 6.04 Å². The number of carbonyl (C=O) groups excluding carboxylic acids is 2. The van der Waals surface area contributed by atoms with E-state index in [9.17, 15) is 19.5 Å². The number of hydroxylamine groups is 1. The Labute approximate surface area is 165 Å². The molecule has 29 heavy (non-hydrogen) atoms. The second-order valence-corrected chi connectivity index (χ2v) is 7.63. The number of rotatable bonds is 6. The third-order valence-electron chi connectivity index (χ3n) is 4.68. The van der Waals surface area contributed by atoms with Crippen molar-refractivity contribution in [1.29, 1.82) is 0 Å². The zero-order valence-corrected chi connectivity index (χ0v) is 16.1. The monoisotopic (exact) mass is 403 g/mol. The van der Waals surface area contributed by atoms with E-state index in [2.05, 4.69) is 26.0 Å². The molecule has 2 amide bonds. The fourth-order valence-electron chi connectivity index (χ4n) is 3.20. The SMILES string of the molecule is CC(C)C[n+]1c(O)c(C(=O)NC2CC2)c(=O)n2[nH]cc(/C=C/C3NOC(=O)N3)c21. The average Bonchev–Trinajstić information content (AvgIpc) is 3.20. The maximum absolute atomic E-state index is 12.9. The molecule has 0 spiro atoms. The van der Waals surface area contributed by atoms with Crippen LogP contribution in [0.3, 0.4) is 0 Å². The zero-order valence-electron chi connectivity index (χ0n) is 16.1. The summed E-state index contributed by atoms with van der Waals surface area (Å²) >= 11 is 0. The molecule has 2 aromatic heterocycles. The first-order valence-electron chi connectivity index (χ1n) is 9.46. The lowest BCUT2D eigenvalue weighted by Gasteiger charge is -2.10. The minimum atomic E-state index is -0.633. The standard InChI is InChI=1S/C18H22N6O5/c1-9(2)8-23-15-10(3-6-12-21-18(28)29-22-12)7-19-24(15)17(27)13(16(23)26)14(25)20-11-4-5-11/h3,6-7,9,11-12,22H,4-5,8H2,1-2H3,(H3,20,21,25,26,27,28)/p+1/b6-3+. The number of carbonyl (C=O) groups is 2. The number of nitrogens with one attached hydrogen (secondary N) is 4. The molecule has 11 nitrogen and oxygen atoms in total. The largest absolute Gasteiger partial charge is 0.477 e. The number of aromatic amines is 1. The first-order chi connectivity index (χ1) is 13.8. The lowest BCUT2D eigenvalue weighted by Crippen LogP contribution is -2.46. The maximum atomic E-state index is 12.9. The number of fused-ring (bicyclic) bond motifs is 1. The molecule has 0 aromatic carbocycles. The zero-order chi connectivity index (χ0) is 20.7. The summed E-state index contributed by atoms with van der Waals surface area (Å²) in [6.07, 6.45) is 5.53. The first kappa shape index (κ1) is 19.0. The predicted octanol–water partition coefficient (Wildman–Crippen LogP) is -0.247. The molecule has 3 heterocycles. The lowest BCUT2D eigenvalue weighted by atomic mass is 10.2. The Morgan fingerprint density at radius 2 is 2.21 bits per heavy atom. The van der Waals surface area contributed by atoms with Crippen molar-refractivity contribution in [3.05, 3.63) is 33.8 Å². The molecule has 1 aliphatic carbocycles. The summed E-state index contributed by atoms with van der Waals surface area (Å²) in [5, 5.41) is 19.0. The summed E-state index contributed by atoms with van der Waals surface area (Å²) in [5.74, 6) is -0.808. The van der Waals surface area contributed by atoms with Crippen LogP contribution in [0.15, 0.2) is 17.1 Å². The summed E-state index contributed by atoms with van der Waals surface area (Å²) in [7, 11) is 0. The minimum absolute atomic E-state index is 0.0547. The van der Waals surface area contributed by atoms with Crippen molar-refractivity contribution in [2.75, 3.05) is 0 Å². The second kappa shape index (κ2) is 7.24. The van der Waals surface area contributed by atoms with E-state index in [-0.39, 0.29) is 23.4 Å². The summed E-state index contributed by atoms with van der Waals surface area (Å²) in [6, 6.07) is 0.0547. The van der Waals surface area contributed by atoms with E-state index in [1.54, 1.807) is 22.9 Å². The number of hydrogen-bond donors (Lipinski definition) is 5. The van der Waals surface area contributed by atoms with Gasteiger partial charge in [-0.15, -0.1) is 5.48 Å². The molecule has 4 rings (SSSR count). The lowest BCUT2D eigenvalue weighted by molar-refractivity contribution is -0.686.